The van der Waals surface area contributed by atoms with Gasteiger partial charge in [0.1, 0.15) is 0 Å². The number of hydrogen-bond acceptors (Lipinski definition) is 5. The first-order valence-electron chi connectivity index (χ1n) is 9.77. The van der Waals surface area contributed by atoms with Crippen LogP contribution in [0.15, 0.2) is 48.7 Å². The zero-order valence-electron chi connectivity index (χ0n) is 16.0. The molecule has 1 saturated carbocycles. The summed E-state index contributed by atoms with van der Waals surface area (Å²) in [7, 11) is 0. The zero-order chi connectivity index (χ0) is 20.7. The van der Waals surface area contributed by atoms with Crippen molar-refractivity contribution in [1.29, 1.82) is 0 Å². The minimum atomic E-state index is -0.0658. The summed E-state index contributed by atoms with van der Waals surface area (Å²) < 4.78 is 0. The maximum atomic E-state index is 12.5. The number of hydrogen-bond donors (Lipinski definition) is 3. The van der Waals surface area contributed by atoms with E-state index in [2.05, 4.69) is 20.5 Å². The van der Waals surface area contributed by atoms with E-state index < -0.39 is 0 Å². The summed E-state index contributed by atoms with van der Waals surface area (Å²) in [5, 5.41) is 11.2. The predicted molar refractivity (Wildman–Crippen MR) is 118 cm³/mol. The Morgan fingerprint density at radius 3 is 2.60 bits per heavy atom. The van der Waals surface area contributed by atoms with E-state index in [1.807, 2.05) is 42.5 Å². The Hall–Kier alpha value is -3.45. The number of benzene rings is 2. The monoisotopic (exact) mass is 418 g/mol. The Morgan fingerprint density at radius 1 is 1.10 bits per heavy atom. The van der Waals surface area contributed by atoms with Gasteiger partial charge in [0.05, 0.1) is 28.1 Å². The quantitative estimate of drug-likeness (QED) is 0.446. The summed E-state index contributed by atoms with van der Waals surface area (Å²) in [5.74, 6) is 0.398. The van der Waals surface area contributed by atoms with E-state index in [-0.39, 0.29) is 23.5 Å². The van der Waals surface area contributed by atoms with Crippen molar-refractivity contribution in [1.82, 2.24) is 20.2 Å². The fraction of sp³-hybridized carbons (Fsp3) is 0.182. The topological polar surface area (TPSA) is 110 Å². The van der Waals surface area contributed by atoms with Gasteiger partial charge in [0, 0.05) is 22.4 Å². The van der Waals surface area contributed by atoms with Crippen molar-refractivity contribution in [3.05, 3.63) is 53.7 Å². The maximum absolute atomic E-state index is 12.5. The van der Waals surface area contributed by atoms with Crippen LogP contribution in [0, 0.1) is 5.92 Å². The fourth-order valence-electron chi connectivity index (χ4n) is 3.58. The minimum absolute atomic E-state index is 0.0141. The number of aromatic nitrogens is 4. The Labute approximate surface area is 177 Å². The zero-order valence-corrected chi connectivity index (χ0v) is 16.8. The van der Waals surface area contributed by atoms with Crippen LogP contribution in [0.3, 0.4) is 0 Å². The van der Waals surface area contributed by atoms with Gasteiger partial charge in [0.2, 0.25) is 5.91 Å². The van der Waals surface area contributed by atoms with Crippen LogP contribution in [0.4, 0.5) is 11.6 Å². The second kappa shape index (κ2) is 7.42. The van der Waals surface area contributed by atoms with E-state index in [1.165, 1.54) is 0 Å². The fourth-order valence-corrected chi connectivity index (χ4v) is 3.85. The predicted octanol–water partition coefficient (Wildman–Crippen LogP) is 4.66. The van der Waals surface area contributed by atoms with Gasteiger partial charge in [-0.2, -0.15) is 5.10 Å². The van der Waals surface area contributed by atoms with E-state index in [9.17, 15) is 4.79 Å². The molecule has 2 aromatic carbocycles. The van der Waals surface area contributed by atoms with Crippen molar-refractivity contribution in [3.8, 4) is 22.5 Å². The molecule has 150 valence electrons. The lowest BCUT2D eigenvalue weighted by molar-refractivity contribution is -0.122. The highest BCUT2D eigenvalue weighted by atomic mass is 35.5. The highest BCUT2D eigenvalue weighted by Gasteiger charge is 2.27. The third-order valence-corrected chi connectivity index (χ3v) is 5.76. The van der Waals surface area contributed by atoms with Crippen molar-refractivity contribution >= 4 is 40.0 Å². The van der Waals surface area contributed by atoms with E-state index >= 15 is 0 Å². The molecule has 0 aliphatic heterocycles. The van der Waals surface area contributed by atoms with E-state index in [0.717, 1.165) is 41.3 Å². The van der Waals surface area contributed by atoms with Gasteiger partial charge >= 0.3 is 0 Å². The molecule has 1 aliphatic rings. The Bertz CT molecular complexity index is 1250. The van der Waals surface area contributed by atoms with E-state index in [4.69, 9.17) is 22.3 Å². The number of nitrogen functional groups attached to an aromatic ring is 1. The van der Waals surface area contributed by atoms with Crippen molar-refractivity contribution in [2.45, 2.75) is 19.3 Å². The summed E-state index contributed by atoms with van der Waals surface area (Å²) in [6.45, 7) is 0. The van der Waals surface area contributed by atoms with Gasteiger partial charge in [0.15, 0.2) is 11.6 Å². The number of halogens is 1. The molecule has 1 fully saturated rings. The lowest BCUT2D eigenvalue weighted by atomic mass is 9.85. The first kappa shape index (κ1) is 18.6. The standard InChI is InChI=1S/C22H19ClN6O/c23-16-10-14(9-15-11-25-29-17(15)16)19-18(12-5-2-1-3-6-12)26-20(24)21(27-19)28-22(30)13-7-4-8-13/h1-3,5-6,9-11,13H,4,7-8H2,(H2,24,26)(H,25,29)(H,27,28,30). The molecule has 0 spiro atoms. The molecule has 0 atom stereocenters. The molecule has 2 aromatic heterocycles. The van der Waals surface area contributed by atoms with E-state index in [1.54, 1.807) is 6.20 Å². The molecule has 0 saturated heterocycles. The normalized spacial score (nSPS) is 13.9. The van der Waals surface area contributed by atoms with Gasteiger partial charge in [-0.25, -0.2) is 9.97 Å². The molecule has 8 heteroatoms. The first-order chi connectivity index (χ1) is 14.6. The number of fused-ring (bicyclic) bond motifs is 1. The molecule has 7 nitrogen and oxygen atoms in total. The largest absolute Gasteiger partial charge is 0.381 e. The SMILES string of the molecule is Nc1nc(-c2ccccc2)c(-c2cc(Cl)c3[nH]ncc3c2)nc1NC(=O)C1CCC1. The molecular formula is C22H19ClN6O. The number of H-pyrrole nitrogens is 1. The molecule has 0 unspecified atom stereocenters. The Kier molecular flexibility index (Phi) is 4.59. The second-order valence-corrected chi connectivity index (χ2v) is 7.84. The number of nitrogens with zero attached hydrogens (tertiary/aromatic N) is 3. The molecule has 4 N–H and O–H groups in total. The molecule has 0 bridgehead atoms. The van der Waals surface area contributed by atoms with Crippen LogP contribution in [-0.2, 0) is 4.79 Å². The van der Waals surface area contributed by atoms with Gasteiger partial charge in [-0.1, -0.05) is 48.4 Å². The molecule has 0 radical (unpaired) electrons. The molecule has 5 rings (SSSR count). The minimum Gasteiger partial charge on any atom is -0.381 e. The maximum Gasteiger partial charge on any atom is 0.228 e. The summed E-state index contributed by atoms with van der Waals surface area (Å²) >= 11 is 6.46. The summed E-state index contributed by atoms with van der Waals surface area (Å²) in [5.41, 5.74) is 9.78. The number of nitrogens with two attached hydrogens (primary N) is 1. The molecule has 30 heavy (non-hydrogen) atoms. The highest BCUT2D eigenvalue weighted by molar-refractivity contribution is 6.35. The Balaban J connectivity index is 1.67. The van der Waals surface area contributed by atoms with Gasteiger partial charge in [0.25, 0.3) is 0 Å². The van der Waals surface area contributed by atoms with E-state index in [0.29, 0.717) is 16.4 Å². The summed E-state index contributed by atoms with van der Waals surface area (Å²) in [4.78, 5) is 21.8. The highest BCUT2D eigenvalue weighted by Crippen LogP contribution is 2.36. The van der Waals surface area contributed by atoms with Gasteiger partial charge in [-0.3, -0.25) is 9.89 Å². The molecular weight excluding hydrogens is 400 g/mol. The third kappa shape index (κ3) is 3.27. The molecule has 1 amide bonds. The number of amides is 1. The number of carbonyl (C=O) groups is 1. The average molecular weight is 419 g/mol. The number of rotatable bonds is 4. The lowest BCUT2D eigenvalue weighted by Crippen LogP contribution is -2.29. The van der Waals surface area contributed by atoms with Crippen LogP contribution in [0.5, 0.6) is 0 Å². The van der Waals surface area contributed by atoms with Crippen molar-refractivity contribution in [2.24, 2.45) is 5.92 Å². The van der Waals surface area contributed by atoms with Crippen molar-refractivity contribution in [2.75, 3.05) is 11.1 Å². The van der Waals surface area contributed by atoms with Gasteiger partial charge in [-0.05, 0) is 25.0 Å². The van der Waals surface area contributed by atoms with Gasteiger partial charge in [-0.15, -0.1) is 0 Å². The summed E-state index contributed by atoms with van der Waals surface area (Å²) in [6.07, 6.45) is 4.55. The van der Waals surface area contributed by atoms with Crippen molar-refractivity contribution in [3.63, 3.8) is 0 Å². The van der Waals surface area contributed by atoms with Crippen molar-refractivity contribution < 1.29 is 4.79 Å². The average Bonchev–Trinajstić information content (AvgIpc) is 3.18. The number of aromatic amines is 1. The van der Waals surface area contributed by atoms with Crippen LogP contribution in [0.1, 0.15) is 19.3 Å². The van der Waals surface area contributed by atoms with Crippen LogP contribution in [0.2, 0.25) is 5.02 Å². The van der Waals surface area contributed by atoms with Gasteiger partial charge < -0.3 is 11.1 Å². The van der Waals surface area contributed by atoms with Crippen LogP contribution >= 0.6 is 11.6 Å². The van der Waals surface area contributed by atoms with Crippen LogP contribution in [-0.4, -0.2) is 26.1 Å². The van der Waals surface area contributed by atoms with Crippen LogP contribution < -0.4 is 11.1 Å². The second-order valence-electron chi connectivity index (χ2n) is 7.43. The Morgan fingerprint density at radius 2 is 1.87 bits per heavy atom. The molecule has 4 aromatic rings. The van der Waals surface area contributed by atoms with Crippen LogP contribution in [0.25, 0.3) is 33.4 Å². The third-order valence-electron chi connectivity index (χ3n) is 5.46. The number of carbonyl (C=O) groups excluding carboxylic acids is 1. The first-order valence-corrected chi connectivity index (χ1v) is 10.1. The molecule has 2 heterocycles. The molecule has 1 aliphatic carbocycles. The number of nitrogens with one attached hydrogen (secondary N) is 2. The summed E-state index contributed by atoms with van der Waals surface area (Å²) in [6, 6.07) is 13.4. The number of anilines is 2. The smallest absolute Gasteiger partial charge is 0.228 e. The lowest BCUT2D eigenvalue weighted by Gasteiger charge is -2.24.